The Morgan fingerprint density at radius 3 is 2.75 bits per heavy atom. The number of aryl methyl sites for hydroxylation is 1. The lowest BCUT2D eigenvalue weighted by molar-refractivity contribution is 0.454. The molecule has 1 atom stereocenters. The van der Waals surface area contributed by atoms with E-state index in [0.717, 1.165) is 13.0 Å². The van der Waals surface area contributed by atoms with Gasteiger partial charge in [0.1, 0.15) is 0 Å². The van der Waals surface area contributed by atoms with Crippen LogP contribution in [0, 0.1) is 0 Å². The summed E-state index contributed by atoms with van der Waals surface area (Å²) in [6.45, 7) is 1.50. The molecule has 0 spiro atoms. The Morgan fingerprint density at radius 2 is 1.95 bits per heavy atom. The minimum Gasteiger partial charge on any atom is -0.326 e. The van der Waals surface area contributed by atoms with Crippen LogP contribution in [0.2, 0.25) is 0 Å². The summed E-state index contributed by atoms with van der Waals surface area (Å²) < 4.78 is 0. The van der Waals surface area contributed by atoms with Crippen LogP contribution in [0.5, 0.6) is 0 Å². The van der Waals surface area contributed by atoms with Crippen molar-refractivity contribution in [1.29, 1.82) is 0 Å². The molecule has 2 aromatic rings. The second-order valence-electron chi connectivity index (χ2n) is 5.39. The number of nitrogens with one attached hydrogen (secondary N) is 1. The van der Waals surface area contributed by atoms with Crippen molar-refractivity contribution >= 4 is 0 Å². The van der Waals surface area contributed by atoms with Crippen LogP contribution < -0.4 is 11.1 Å². The molecule has 1 aliphatic rings. The maximum Gasteiger partial charge on any atom is 0.0451 e. The summed E-state index contributed by atoms with van der Waals surface area (Å²) >= 11 is 0. The van der Waals surface area contributed by atoms with Crippen molar-refractivity contribution in [2.45, 2.75) is 38.4 Å². The van der Waals surface area contributed by atoms with Gasteiger partial charge in [0.05, 0.1) is 0 Å². The zero-order valence-corrected chi connectivity index (χ0v) is 11.7. The van der Waals surface area contributed by atoms with E-state index in [9.17, 15) is 0 Å². The monoisotopic (exact) mass is 267 g/mol. The molecule has 1 unspecified atom stereocenters. The molecule has 3 rings (SSSR count). The summed E-state index contributed by atoms with van der Waals surface area (Å²) in [4.78, 5) is 4.49. The van der Waals surface area contributed by atoms with Gasteiger partial charge in [-0.05, 0) is 42.0 Å². The van der Waals surface area contributed by atoms with Crippen molar-refractivity contribution in [2.24, 2.45) is 5.73 Å². The van der Waals surface area contributed by atoms with Crippen molar-refractivity contribution in [1.82, 2.24) is 10.3 Å². The fraction of sp³-hybridized carbons (Fsp3) is 0.353. The van der Waals surface area contributed by atoms with Crippen molar-refractivity contribution in [3.05, 3.63) is 65.0 Å². The first-order valence-corrected chi connectivity index (χ1v) is 7.32. The average molecular weight is 267 g/mol. The van der Waals surface area contributed by atoms with Gasteiger partial charge in [-0.3, -0.25) is 4.98 Å². The Bertz CT molecular complexity index is 563. The van der Waals surface area contributed by atoms with Gasteiger partial charge in [-0.15, -0.1) is 0 Å². The third kappa shape index (κ3) is 2.89. The Kier molecular flexibility index (Phi) is 4.09. The van der Waals surface area contributed by atoms with E-state index in [0.29, 0.717) is 12.6 Å². The third-order valence-corrected chi connectivity index (χ3v) is 4.02. The summed E-state index contributed by atoms with van der Waals surface area (Å²) in [5.41, 5.74) is 10.7. The second-order valence-corrected chi connectivity index (χ2v) is 5.39. The molecule has 0 fully saturated rings. The minimum absolute atomic E-state index is 0.432. The topological polar surface area (TPSA) is 50.9 Å². The molecule has 3 heteroatoms. The number of fused-ring (bicyclic) bond motifs is 1. The maximum absolute atomic E-state index is 5.62. The van der Waals surface area contributed by atoms with Gasteiger partial charge in [0.2, 0.25) is 0 Å². The molecule has 3 N–H and O–H groups in total. The number of rotatable bonds is 4. The molecular formula is C17H21N3. The van der Waals surface area contributed by atoms with E-state index in [4.69, 9.17) is 5.73 Å². The van der Waals surface area contributed by atoms with Crippen molar-refractivity contribution in [3.8, 4) is 0 Å². The van der Waals surface area contributed by atoms with Crippen LogP contribution in [0.15, 0.2) is 42.6 Å². The predicted octanol–water partition coefficient (Wildman–Crippen LogP) is 2.71. The van der Waals surface area contributed by atoms with Gasteiger partial charge >= 0.3 is 0 Å². The second kappa shape index (κ2) is 6.16. The van der Waals surface area contributed by atoms with Crippen molar-refractivity contribution in [2.75, 3.05) is 0 Å². The molecule has 1 aliphatic carbocycles. The first-order chi connectivity index (χ1) is 9.86. The maximum atomic E-state index is 5.62. The molecule has 1 aromatic carbocycles. The number of pyridine rings is 1. The smallest absolute Gasteiger partial charge is 0.0451 e. The molecule has 0 aliphatic heterocycles. The van der Waals surface area contributed by atoms with Crippen LogP contribution in [0.4, 0.5) is 0 Å². The van der Waals surface area contributed by atoms with E-state index in [1.165, 1.54) is 35.2 Å². The quantitative estimate of drug-likeness (QED) is 0.895. The number of hydrogen-bond donors (Lipinski definition) is 2. The number of benzene rings is 1. The number of nitrogens with two attached hydrogens (primary N) is 1. The fourth-order valence-corrected chi connectivity index (χ4v) is 2.85. The molecule has 0 bridgehead atoms. The normalized spacial score (nSPS) is 17.8. The summed E-state index contributed by atoms with van der Waals surface area (Å²) in [5.74, 6) is 0. The van der Waals surface area contributed by atoms with Crippen LogP contribution in [-0.4, -0.2) is 4.98 Å². The van der Waals surface area contributed by atoms with E-state index in [-0.39, 0.29) is 0 Å². The van der Waals surface area contributed by atoms with Crippen LogP contribution in [0.25, 0.3) is 0 Å². The third-order valence-electron chi connectivity index (χ3n) is 4.02. The fourth-order valence-electron chi connectivity index (χ4n) is 2.85. The molecule has 20 heavy (non-hydrogen) atoms. The van der Waals surface area contributed by atoms with E-state index >= 15 is 0 Å². The molecule has 0 radical (unpaired) electrons. The Labute approximate surface area is 120 Å². The van der Waals surface area contributed by atoms with Gasteiger partial charge in [-0.25, -0.2) is 0 Å². The highest BCUT2D eigenvalue weighted by Crippen LogP contribution is 2.28. The molecule has 0 saturated carbocycles. The van der Waals surface area contributed by atoms with Crippen molar-refractivity contribution < 1.29 is 0 Å². The minimum atomic E-state index is 0.432. The SMILES string of the molecule is NCc1ccc(CNC2CCCc3ncccc32)cc1. The largest absolute Gasteiger partial charge is 0.326 e. The van der Waals surface area contributed by atoms with Crippen LogP contribution in [0.3, 0.4) is 0 Å². The summed E-state index contributed by atoms with van der Waals surface area (Å²) in [5, 5.41) is 3.66. The zero-order valence-electron chi connectivity index (χ0n) is 11.7. The molecule has 104 valence electrons. The van der Waals surface area contributed by atoms with E-state index < -0.39 is 0 Å². The molecule has 1 heterocycles. The summed E-state index contributed by atoms with van der Waals surface area (Å²) in [6.07, 6.45) is 5.42. The van der Waals surface area contributed by atoms with Crippen molar-refractivity contribution in [3.63, 3.8) is 0 Å². The highest BCUT2D eigenvalue weighted by Gasteiger charge is 2.19. The van der Waals surface area contributed by atoms with Crippen LogP contribution >= 0.6 is 0 Å². The van der Waals surface area contributed by atoms with E-state index in [1.54, 1.807) is 0 Å². The van der Waals surface area contributed by atoms with E-state index in [2.05, 4.69) is 40.6 Å². The Morgan fingerprint density at radius 1 is 1.15 bits per heavy atom. The molecule has 0 saturated heterocycles. The number of nitrogens with zero attached hydrogens (tertiary/aromatic N) is 1. The standard InChI is InChI=1S/C17H21N3/c18-11-13-6-8-14(9-7-13)12-20-17-5-1-4-16-15(17)3-2-10-19-16/h2-3,6-10,17,20H,1,4-5,11-12,18H2. The Balaban J connectivity index is 1.66. The lowest BCUT2D eigenvalue weighted by atomic mass is 9.91. The molecule has 1 aromatic heterocycles. The first kappa shape index (κ1) is 13.3. The lowest BCUT2D eigenvalue weighted by Gasteiger charge is -2.25. The van der Waals surface area contributed by atoms with Gasteiger partial charge < -0.3 is 11.1 Å². The lowest BCUT2D eigenvalue weighted by Crippen LogP contribution is -2.25. The van der Waals surface area contributed by atoms with Gasteiger partial charge in [0.15, 0.2) is 0 Å². The molecule has 3 nitrogen and oxygen atoms in total. The van der Waals surface area contributed by atoms with Gasteiger partial charge in [-0.1, -0.05) is 30.3 Å². The first-order valence-electron chi connectivity index (χ1n) is 7.32. The zero-order chi connectivity index (χ0) is 13.8. The number of hydrogen-bond acceptors (Lipinski definition) is 3. The van der Waals surface area contributed by atoms with Gasteiger partial charge in [0, 0.05) is 31.0 Å². The van der Waals surface area contributed by atoms with E-state index in [1.807, 2.05) is 12.3 Å². The summed E-state index contributed by atoms with van der Waals surface area (Å²) in [6, 6.07) is 13.2. The average Bonchev–Trinajstić information content (AvgIpc) is 2.53. The van der Waals surface area contributed by atoms with Gasteiger partial charge in [-0.2, -0.15) is 0 Å². The molecule has 0 amide bonds. The van der Waals surface area contributed by atoms with Gasteiger partial charge in [0.25, 0.3) is 0 Å². The summed E-state index contributed by atoms with van der Waals surface area (Å²) in [7, 11) is 0. The Hall–Kier alpha value is -1.71. The molecular weight excluding hydrogens is 246 g/mol. The van der Waals surface area contributed by atoms with Crippen LogP contribution in [-0.2, 0) is 19.5 Å². The number of aromatic nitrogens is 1. The highest BCUT2D eigenvalue weighted by molar-refractivity contribution is 5.27. The van der Waals surface area contributed by atoms with Crippen LogP contribution in [0.1, 0.15) is 41.3 Å². The highest BCUT2D eigenvalue weighted by atomic mass is 14.9. The predicted molar refractivity (Wildman–Crippen MR) is 81.1 cm³/mol.